The van der Waals surface area contributed by atoms with Gasteiger partial charge >= 0.3 is 0 Å². The molecule has 1 aliphatic rings. The van der Waals surface area contributed by atoms with E-state index in [0.29, 0.717) is 24.1 Å². The number of hydrogen-bond donors (Lipinski definition) is 1. The summed E-state index contributed by atoms with van der Waals surface area (Å²) in [6.45, 7) is 6.97. The normalized spacial score (nSPS) is 17.9. The van der Waals surface area contributed by atoms with Crippen LogP contribution in [0, 0.1) is 5.92 Å². The minimum absolute atomic E-state index is 0.291. The number of rotatable bonds is 6. The molecule has 1 aliphatic heterocycles. The van der Waals surface area contributed by atoms with Crippen molar-refractivity contribution in [2.24, 2.45) is 10.9 Å². The molecule has 26 heavy (non-hydrogen) atoms. The Labute approximate surface area is 155 Å². The highest BCUT2D eigenvalue weighted by Crippen LogP contribution is 2.20. The molecule has 1 unspecified atom stereocenters. The van der Waals surface area contributed by atoms with Gasteiger partial charge in [0.15, 0.2) is 11.8 Å². The third-order valence-corrected chi connectivity index (χ3v) is 4.79. The maximum Gasteiger partial charge on any atom is 0.228 e. The number of hydrogen-bond acceptors (Lipinski definition) is 4. The number of guanidine groups is 1. The number of nitrogens with zero attached hydrogens (tertiary/aromatic N) is 4. The highest BCUT2D eigenvalue weighted by Gasteiger charge is 2.25. The molecule has 0 radical (unpaired) electrons. The molecule has 1 saturated heterocycles. The lowest BCUT2D eigenvalue weighted by Crippen LogP contribution is -2.41. The molecule has 140 valence electrons. The van der Waals surface area contributed by atoms with E-state index in [0.717, 1.165) is 37.8 Å². The van der Waals surface area contributed by atoms with Crippen LogP contribution in [-0.4, -0.2) is 47.7 Å². The van der Waals surface area contributed by atoms with E-state index in [1.54, 1.807) is 0 Å². The zero-order chi connectivity index (χ0) is 18.4. The van der Waals surface area contributed by atoms with E-state index in [9.17, 15) is 0 Å². The van der Waals surface area contributed by atoms with Crippen LogP contribution in [-0.2, 0) is 12.8 Å². The van der Waals surface area contributed by atoms with Crippen molar-refractivity contribution in [2.75, 3.05) is 26.7 Å². The number of likely N-dealkylation sites (tertiary alicyclic amines) is 1. The van der Waals surface area contributed by atoms with Crippen molar-refractivity contribution in [2.45, 2.75) is 39.0 Å². The van der Waals surface area contributed by atoms with Crippen molar-refractivity contribution in [3.05, 3.63) is 47.6 Å². The molecule has 6 heteroatoms. The first-order chi connectivity index (χ1) is 12.7. The van der Waals surface area contributed by atoms with E-state index >= 15 is 0 Å². The zero-order valence-corrected chi connectivity index (χ0v) is 16.0. The Balaban J connectivity index is 1.45. The molecule has 0 amide bonds. The van der Waals surface area contributed by atoms with Crippen molar-refractivity contribution < 1.29 is 4.52 Å². The topological polar surface area (TPSA) is 66.5 Å². The Morgan fingerprint density at radius 3 is 2.85 bits per heavy atom. The van der Waals surface area contributed by atoms with Crippen LogP contribution >= 0.6 is 0 Å². The smallest absolute Gasteiger partial charge is 0.228 e. The van der Waals surface area contributed by atoms with Crippen LogP contribution in [0.25, 0.3) is 0 Å². The minimum atomic E-state index is 0.291. The summed E-state index contributed by atoms with van der Waals surface area (Å²) in [4.78, 5) is 11.2. The molecule has 1 aromatic carbocycles. The predicted octanol–water partition coefficient (Wildman–Crippen LogP) is 2.88. The first kappa shape index (κ1) is 18.4. The monoisotopic (exact) mass is 355 g/mol. The fraction of sp³-hybridized carbons (Fsp3) is 0.550. The number of benzene rings is 1. The fourth-order valence-corrected chi connectivity index (χ4v) is 3.36. The van der Waals surface area contributed by atoms with Crippen molar-refractivity contribution in [3.63, 3.8) is 0 Å². The van der Waals surface area contributed by atoms with E-state index in [-0.39, 0.29) is 0 Å². The van der Waals surface area contributed by atoms with Gasteiger partial charge in [0.25, 0.3) is 0 Å². The lowest BCUT2D eigenvalue weighted by Gasteiger charge is -2.21. The van der Waals surface area contributed by atoms with E-state index in [2.05, 4.69) is 69.5 Å². The summed E-state index contributed by atoms with van der Waals surface area (Å²) < 4.78 is 5.30. The van der Waals surface area contributed by atoms with Crippen LogP contribution in [0.2, 0.25) is 0 Å². The Kier molecular flexibility index (Phi) is 6.26. The first-order valence-corrected chi connectivity index (χ1v) is 9.47. The molecule has 3 rings (SSSR count). The molecular formula is C20H29N5O. The largest absolute Gasteiger partial charge is 0.356 e. The highest BCUT2D eigenvalue weighted by atomic mass is 16.5. The molecule has 0 spiro atoms. The molecule has 0 saturated carbocycles. The minimum Gasteiger partial charge on any atom is -0.356 e. The van der Waals surface area contributed by atoms with Crippen molar-refractivity contribution in [3.8, 4) is 0 Å². The van der Waals surface area contributed by atoms with Gasteiger partial charge in [0.2, 0.25) is 5.89 Å². The van der Waals surface area contributed by atoms with Crippen LogP contribution < -0.4 is 5.32 Å². The average Bonchev–Trinajstić information content (AvgIpc) is 3.29. The van der Waals surface area contributed by atoms with Gasteiger partial charge in [-0.1, -0.05) is 49.3 Å². The molecule has 2 aromatic rings. The summed E-state index contributed by atoms with van der Waals surface area (Å²) in [5.41, 5.74) is 1.42. The summed E-state index contributed by atoms with van der Waals surface area (Å²) in [6.07, 6.45) is 3.05. The van der Waals surface area contributed by atoms with Gasteiger partial charge in [-0.15, -0.1) is 0 Å². The predicted molar refractivity (Wildman–Crippen MR) is 103 cm³/mol. The second-order valence-electron chi connectivity index (χ2n) is 7.22. The first-order valence-electron chi connectivity index (χ1n) is 9.47. The van der Waals surface area contributed by atoms with E-state index in [1.165, 1.54) is 12.0 Å². The lowest BCUT2D eigenvalue weighted by molar-refractivity contribution is 0.370. The Hall–Kier alpha value is -2.37. The molecular weight excluding hydrogens is 326 g/mol. The van der Waals surface area contributed by atoms with Gasteiger partial charge in [-0.2, -0.15) is 4.98 Å². The summed E-state index contributed by atoms with van der Waals surface area (Å²) in [5.74, 6) is 3.39. The van der Waals surface area contributed by atoms with Crippen molar-refractivity contribution in [1.82, 2.24) is 20.4 Å². The maximum absolute atomic E-state index is 5.30. The third kappa shape index (κ3) is 4.84. The van der Waals surface area contributed by atoms with Gasteiger partial charge in [0, 0.05) is 39.0 Å². The molecule has 2 heterocycles. The SMILES string of the molecule is CN=C(NCCc1nc(C(C)C)no1)N1CCC(Cc2ccccc2)C1. The number of nitrogens with one attached hydrogen (secondary N) is 1. The summed E-state index contributed by atoms with van der Waals surface area (Å²) in [6, 6.07) is 10.7. The molecule has 6 nitrogen and oxygen atoms in total. The fourth-order valence-electron chi connectivity index (χ4n) is 3.36. The van der Waals surface area contributed by atoms with Gasteiger partial charge in [-0.3, -0.25) is 4.99 Å². The Morgan fingerprint density at radius 1 is 1.35 bits per heavy atom. The van der Waals surface area contributed by atoms with E-state index in [1.807, 2.05) is 7.05 Å². The molecule has 1 atom stereocenters. The summed E-state index contributed by atoms with van der Waals surface area (Å²) in [7, 11) is 1.84. The van der Waals surface area contributed by atoms with Gasteiger partial charge in [-0.25, -0.2) is 0 Å². The summed E-state index contributed by atoms with van der Waals surface area (Å²) in [5, 5.41) is 7.44. The molecule has 0 aliphatic carbocycles. The molecule has 0 bridgehead atoms. The summed E-state index contributed by atoms with van der Waals surface area (Å²) >= 11 is 0. The quantitative estimate of drug-likeness (QED) is 0.637. The van der Waals surface area contributed by atoms with Gasteiger partial charge in [0.1, 0.15) is 0 Å². The van der Waals surface area contributed by atoms with Crippen molar-refractivity contribution in [1.29, 1.82) is 0 Å². The molecule has 1 aromatic heterocycles. The second kappa shape index (κ2) is 8.83. The average molecular weight is 355 g/mol. The molecule has 1 N–H and O–H groups in total. The molecule has 1 fully saturated rings. The second-order valence-corrected chi connectivity index (χ2v) is 7.22. The zero-order valence-electron chi connectivity index (χ0n) is 16.0. The van der Waals surface area contributed by atoms with Gasteiger partial charge in [-0.05, 0) is 24.3 Å². The van der Waals surface area contributed by atoms with Crippen LogP contribution in [0.15, 0.2) is 39.8 Å². The maximum atomic E-state index is 5.30. The van der Waals surface area contributed by atoms with Crippen molar-refractivity contribution >= 4 is 5.96 Å². The lowest BCUT2D eigenvalue weighted by atomic mass is 9.99. The van der Waals surface area contributed by atoms with Crippen LogP contribution in [0.1, 0.15) is 43.5 Å². The van der Waals surface area contributed by atoms with E-state index in [4.69, 9.17) is 4.52 Å². The Morgan fingerprint density at radius 2 is 2.15 bits per heavy atom. The van der Waals surface area contributed by atoms with Gasteiger partial charge in [0.05, 0.1) is 0 Å². The number of aliphatic imine (C=N–C) groups is 1. The van der Waals surface area contributed by atoms with Gasteiger partial charge < -0.3 is 14.7 Å². The van der Waals surface area contributed by atoms with Crippen LogP contribution in [0.5, 0.6) is 0 Å². The van der Waals surface area contributed by atoms with Crippen LogP contribution in [0.4, 0.5) is 0 Å². The standard InChI is InChI=1S/C20H29N5O/c1-15(2)19-23-18(26-24-19)9-11-22-20(21-3)25-12-10-17(14-25)13-16-7-5-4-6-8-16/h4-8,15,17H,9-14H2,1-3H3,(H,21,22). The highest BCUT2D eigenvalue weighted by molar-refractivity contribution is 5.80. The Bertz CT molecular complexity index is 710. The number of aromatic nitrogens is 2. The van der Waals surface area contributed by atoms with Crippen LogP contribution in [0.3, 0.4) is 0 Å². The van der Waals surface area contributed by atoms with E-state index < -0.39 is 0 Å². The third-order valence-electron chi connectivity index (χ3n) is 4.79.